The van der Waals surface area contributed by atoms with E-state index >= 15 is 0 Å². The maximum Gasteiger partial charge on any atom is 0.191 e. The molecule has 1 aliphatic heterocycles. The average molecular weight is 393 g/mol. The van der Waals surface area contributed by atoms with E-state index < -0.39 is 0 Å². The van der Waals surface area contributed by atoms with E-state index in [-0.39, 0.29) is 12.6 Å². The molecule has 0 unspecified atom stereocenters. The molecule has 0 amide bonds. The van der Waals surface area contributed by atoms with Crippen LogP contribution in [-0.2, 0) is 24.2 Å². The molecule has 1 aromatic carbocycles. The van der Waals surface area contributed by atoms with Crippen molar-refractivity contribution in [1.82, 2.24) is 15.6 Å². The van der Waals surface area contributed by atoms with Crippen LogP contribution in [0.4, 0.5) is 4.39 Å². The van der Waals surface area contributed by atoms with Crippen LogP contribution in [0.1, 0.15) is 26.7 Å². The van der Waals surface area contributed by atoms with Gasteiger partial charge in [-0.2, -0.15) is 0 Å². The second kappa shape index (κ2) is 9.14. The number of aliphatic imine (C=N–C) groups is 1. The second-order valence-electron chi connectivity index (χ2n) is 6.34. The summed E-state index contributed by atoms with van der Waals surface area (Å²) in [6.07, 6.45) is 1.48. The molecular weight excluding hydrogens is 367 g/mol. The molecule has 0 saturated carbocycles. The zero-order chi connectivity index (χ0) is 19.2. The summed E-state index contributed by atoms with van der Waals surface area (Å²) in [6.45, 7) is 6.08. The van der Waals surface area contributed by atoms with Crippen LogP contribution in [0.15, 0.2) is 17.1 Å². The molecule has 2 heterocycles. The summed E-state index contributed by atoms with van der Waals surface area (Å²) < 4.78 is 24.6. The number of aryl methyl sites for hydroxylation is 2. The van der Waals surface area contributed by atoms with Crippen LogP contribution in [0, 0.1) is 19.7 Å². The third kappa shape index (κ3) is 5.17. The average Bonchev–Trinajstić information content (AvgIpc) is 2.97. The van der Waals surface area contributed by atoms with Crippen LogP contribution in [-0.4, -0.2) is 37.9 Å². The van der Waals surface area contributed by atoms with Crippen LogP contribution < -0.4 is 15.4 Å². The summed E-state index contributed by atoms with van der Waals surface area (Å²) in [7, 11) is 1.73. The Bertz CT molecular complexity index is 803. The minimum atomic E-state index is -0.269. The van der Waals surface area contributed by atoms with E-state index in [4.69, 9.17) is 9.47 Å². The van der Waals surface area contributed by atoms with Gasteiger partial charge in [0, 0.05) is 37.0 Å². The van der Waals surface area contributed by atoms with Crippen LogP contribution in [0.2, 0.25) is 0 Å². The molecule has 0 saturated heterocycles. The van der Waals surface area contributed by atoms with Crippen molar-refractivity contribution < 1.29 is 13.9 Å². The van der Waals surface area contributed by atoms with Gasteiger partial charge >= 0.3 is 0 Å². The standard InChI is InChI=1S/C19H25FN4O2S/c1-12-13(2)27-17(24-12)5-7-23-19(21-3)22-6-4-14-8-16(20)9-15-10-25-11-26-18(14)15/h8-9H,4-7,10-11H2,1-3H3,(H2,21,22,23). The Kier molecular flexibility index (Phi) is 6.63. The Labute approximate surface area is 162 Å². The van der Waals surface area contributed by atoms with Crippen LogP contribution in [0.5, 0.6) is 5.75 Å². The number of thiazole rings is 1. The first-order valence-corrected chi connectivity index (χ1v) is 9.77. The number of halogens is 1. The normalized spacial score (nSPS) is 13.9. The molecule has 1 aliphatic rings. The van der Waals surface area contributed by atoms with Crippen molar-refractivity contribution in [2.24, 2.45) is 4.99 Å². The molecule has 0 radical (unpaired) electrons. The Morgan fingerprint density at radius 3 is 2.74 bits per heavy atom. The quantitative estimate of drug-likeness (QED) is 0.584. The predicted octanol–water partition coefficient (Wildman–Crippen LogP) is 2.72. The van der Waals surface area contributed by atoms with Crippen molar-refractivity contribution in [2.75, 3.05) is 26.9 Å². The number of nitrogens with one attached hydrogen (secondary N) is 2. The summed E-state index contributed by atoms with van der Waals surface area (Å²) in [5, 5.41) is 7.67. The largest absolute Gasteiger partial charge is 0.467 e. The Hall–Kier alpha value is -2.19. The van der Waals surface area contributed by atoms with Gasteiger partial charge in [0.25, 0.3) is 0 Å². The number of nitrogens with zero attached hydrogens (tertiary/aromatic N) is 2. The van der Waals surface area contributed by atoms with Gasteiger partial charge in [0.05, 0.1) is 17.3 Å². The first-order valence-electron chi connectivity index (χ1n) is 8.96. The molecule has 146 valence electrons. The summed E-state index contributed by atoms with van der Waals surface area (Å²) in [4.78, 5) is 10.0. The van der Waals surface area contributed by atoms with Gasteiger partial charge in [0.15, 0.2) is 12.8 Å². The number of fused-ring (bicyclic) bond motifs is 1. The van der Waals surface area contributed by atoms with Gasteiger partial charge in [-0.15, -0.1) is 11.3 Å². The minimum Gasteiger partial charge on any atom is -0.467 e. The minimum absolute atomic E-state index is 0.206. The van der Waals surface area contributed by atoms with Crippen molar-refractivity contribution in [1.29, 1.82) is 0 Å². The van der Waals surface area contributed by atoms with Crippen LogP contribution in [0.3, 0.4) is 0 Å². The molecule has 0 atom stereocenters. The molecule has 3 rings (SSSR count). The van der Waals surface area contributed by atoms with E-state index in [0.29, 0.717) is 19.6 Å². The lowest BCUT2D eigenvalue weighted by molar-refractivity contribution is -0.0172. The lowest BCUT2D eigenvalue weighted by atomic mass is 10.1. The maximum absolute atomic E-state index is 13.8. The summed E-state index contributed by atoms with van der Waals surface area (Å²) in [5.41, 5.74) is 2.70. The molecular formula is C19H25FN4O2S. The SMILES string of the molecule is CN=C(NCCc1nc(C)c(C)s1)NCCc1cc(F)cc2c1OCOC2. The van der Waals surface area contributed by atoms with Gasteiger partial charge in [-0.3, -0.25) is 4.99 Å². The van der Waals surface area contributed by atoms with Gasteiger partial charge in [-0.1, -0.05) is 0 Å². The van der Waals surface area contributed by atoms with E-state index in [1.807, 2.05) is 6.92 Å². The first-order chi connectivity index (χ1) is 13.1. The Morgan fingerprint density at radius 2 is 2.04 bits per heavy atom. The molecule has 2 aromatic rings. The molecule has 6 nitrogen and oxygen atoms in total. The van der Waals surface area contributed by atoms with Gasteiger partial charge in [0.1, 0.15) is 11.6 Å². The number of rotatable bonds is 6. The topological polar surface area (TPSA) is 67.8 Å². The summed E-state index contributed by atoms with van der Waals surface area (Å²) in [6, 6.07) is 2.99. The number of ether oxygens (including phenoxy) is 2. The van der Waals surface area contributed by atoms with E-state index in [9.17, 15) is 4.39 Å². The highest BCUT2D eigenvalue weighted by molar-refractivity contribution is 7.11. The molecule has 0 fully saturated rings. The number of aromatic nitrogens is 1. The predicted molar refractivity (Wildman–Crippen MR) is 105 cm³/mol. The van der Waals surface area contributed by atoms with Gasteiger partial charge in [-0.25, -0.2) is 9.37 Å². The number of hydrogen-bond donors (Lipinski definition) is 2. The third-order valence-corrected chi connectivity index (χ3v) is 5.50. The van der Waals surface area contributed by atoms with Crippen molar-refractivity contribution >= 4 is 17.3 Å². The first kappa shape index (κ1) is 19.6. The van der Waals surface area contributed by atoms with Crippen molar-refractivity contribution in [3.05, 3.63) is 44.7 Å². The smallest absolute Gasteiger partial charge is 0.191 e. The number of guanidine groups is 1. The van der Waals surface area contributed by atoms with Crippen LogP contribution in [0.25, 0.3) is 0 Å². The highest BCUT2D eigenvalue weighted by Crippen LogP contribution is 2.29. The molecule has 2 N–H and O–H groups in total. The molecule has 0 bridgehead atoms. The molecule has 8 heteroatoms. The number of hydrogen-bond acceptors (Lipinski definition) is 5. The molecule has 27 heavy (non-hydrogen) atoms. The fourth-order valence-corrected chi connectivity index (χ4v) is 3.85. The Balaban J connectivity index is 1.48. The number of benzene rings is 1. The highest BCUT2D eigenvalue weighted by Gasteiger charge is 2.16. The summed E-state index contributed by atoms with van der Waals surface area (Å²) in [5.74, 6) is 1.19. The second-order valence-corrected chi connectivity index (χ2v) is 7.63. The van der Waals surface area contributed by atoms with Crippen LogP contribution >= 0.6 is 11.3 Å². The third-order valence-electron chi connectivity index (χ3n) is 4.37. The van der Waals surface area contributed by atoms with Gasteiger partial charge < -0.3 is 20.1 Å². The van der Waals surface area contributed by atoms with Crippen molar-refractivity contribution in [3.8, 4) is 5.75 Å². The summed E-state index contributed by atoms with van der Waals surface area (Å²) >= 11 is 1.73. The van der Waals surface area contributed by atoms with E-state index in [1.54, 1.807) is 18.4 Å². The zero-order valence-electron chi connectivity index (χ0n) is 15.9. The van der Waals surface area contributed by atoms with Gasteiger partial charge in [-0.05, 0) is 38.0 Å². The fraction of sp³-hybridized carbons (Fsp3) is 0.474. The maximum atomic E-state index is 13.8. The van der Waals surface area contributed by atoms with E-state index in [2.05, 4.69) is 27.5 Å². The lowest BCUT2D eigenvalue weighted by Crippen LogP contribution is -2.39. The van der Waals surface area contributed by atoms with E-state index in [0.717, 1.165) is 46.5 Å². The lowest BCUT2D eigenvalue weighted by Gasteiger charge is -2.21. The van der Waals surface area contributed by atoms with Gasteiger partial charge in [0.2, 0.25) is 0 Å². The fourth-order valence-electron chi connectivity index (χ4n) is 2.91. The molecule has 1 aromatic heterocycles. The molecule has 0 aliphatic carbocycles. The zero-order valence-corrected chi connectivity index (χ0v) is 16.7. The highest BCUT2D eigenvalue weighted by atomic mass is 32.1. The monoisotopic (exact) mass is 392 g/mol. The van der Waals surface area contributed by atoms with Crippen molar-refractivity contribution in [3.63, 3.8) is 0 Å². The van der Waals surface area contributed by atoms with E-state index in [1.165, 1.54) is 17.0 Å². The van der Waals surface area contributed by atoms with Crippen molar-refractivity contribution in [2.45, 2.75) is 33.3 Å². The molecule has 0 spiro atoms. The Morgan fingerprint density at radius 1 is 1.26 bits per heavy atom.